The second kappa shape index (κ2) is 8.93. The van der Waals surface area contributed by atoms with E-state index in [1.165, 1.54) is 12.3 Å². The number of halogens is 3. The van der Waals surface area contributed by atoms with Crippen molar-refractivity contribution in [1.82, 2.24) is 15.2 Å². The molecule has 0 bridgehead atoms. The second-order valence-electron chi connectivity index (χ2n) is 7.35. The molecule has 0 unspecified atom stereocenters. The van der Waals surface area contributed by atoms with Gasteiger partial charge >= 0.3 is 0 Å². The number of nitrogens with two attached hydrogens (primary N) is 1. The Morgan fingerprint density at radius 2 is 1.94 bits per heavy atom. The van der Waals surface area contributed by atoms with E-state index in [-0.39, 0.29) is 37.8 Å². The summed E-state index contributed by atoms with van der Waals surface area (Å²) >= 11 is 6.72. The van der Waals surface area contributed by atoms with Crippen molar-refractivity contribution in [2.45, 2.75) is 6.43 Å². The highest BCUT2D eigenvalue weighted by molar-refractivity contribution is 7.21. The topological polar surface area (TPSA) is 127 Å². The zero-order valence-electron chi connectivity index (χ0n) is 17.5. The molecule has 4 aromatic heterocycles. The number of nitrogens with one attached hydrogen (secondary N) is 2. The third kappa shape index (κ3) is 4.27. The molecule has 0 radical (unpaired) electrons. The van der Waals surface area contributed by atoms with Gasteiger partial charge in [-0.15, -0.1) is 11.3 Å². The minimum Gasteiger partial charge on any atom is -0.464 e. The van der Waals surface area contributed by atoms with E-state index in [2.05, 4.69) is 20.5 Å². The number of hydrogen-bond donors (Lipinski definition) is 3. The van der Waals surface area contributed by atoms with Crippen LogP contribution in [0.2, 0.25) is 5.02 Å². The van der Waals surface area contributed by atoms with Crippen molar-refractivity contribution in [1.29, 1.82) is 0 Å². The third-order valence-corrected chi connectivity index (χ3v) is 6.47. The third-order valence-electron chi connectivity index (χ3n) is 5.12. The molecule has 5 aromatic rings. The molecule has 0 aliphatic carbocycles. The molecule has 176 valence electrons. The SMILES string of the molecule is NC(=O)c1sc2nc(C(F)F)cc(-c3ccco3)c2c1NC(=O)c1cc(-c2ccc(Cl)cc2)n[nH]1. The van der Waals surface area contributed by atoms with Crippen molar-refractivity contribution < 1.29 is 22.8 Å². The molecule has 0 saturated carbocycles. The zero-order valence-corrected chi connectivity index (χ0v) is 19.1. The quantitative estimate of drug-likeness (QED) is 0.261. The summed E-state index contributed by atoms with van der Waals surface area (Å²) in [4.78, 5) is 29.3. The monoisotopic (exact) mass is 513 g/mol. The van der Waals surface area contributed by atoms with E-state index in [4.69, 9.17) is 21.8 Å². The van der Waals surface area contributed by atoms with Gasteiger partial charge in [0.15, 0.2) is 0 Å². The lowest BCUT2D eigenvalue weighted by molar-refractivity contribution is 0.100. The van der Waals surface area contributed by atoms with Gasteiger partial charge in [0.05, 0.1) is 17.6 Å². The van der Waals surface area contributed by atoms with Gasteiger partial charge in [-0.2, -0.15) is 5.10 Å². The summed E-state index contributed by atoms with van der Waals surface area (Å²) in [6.45, 7) is 0. The maximum absolute atomic E-state index is 13.5. The van der Waals surface area contributed by atoms with E-state index in [0.717, 1.165) is 23.0 Å². The number of carbonyl (C=O) groups is 2. The first-order chi connectivity index (χ1) is 16.8. The fraction of sp³-hybridized carbons (Fsp3) is 0.0435. The number of thiophene rings is 1. The van der Waals surface area contributed by atoms with Gasteiger partial charge in [-0.25, -0.2) is 13.8 Å². The van der Waals surface area contributed by atoms with Gasteiger partial charge < -0.3 is 15.5 Å². The molecule has 4 N–H and O–H groups in total. The molecule has 5 rings (SSSR count). The number of primary amides is 1. The lowest BCUT2D eigenvalue weighted by atomic mass is 10.1. The maximum atomic E-state index is 13.5. The number of hydrogen-bond acceptors (Lipinski definition) is 6. The molecule has 35 heavy (non-hydrogen) atoms. The van der Waals surface area contributed by atoms with Crippen LogP contribution < -0.4 is 11.1 Å². The first-order valence-corrected chi connectivity index (χ1v) is 11.2. The smallest absolute Gasteiger partial charge is 0.280 e. The summed E-state index contributed by atoms with van der Waals surface area (Å²) in [5, 5.41) is 10.3. The number of anilines is 1. The van der Waals surface area contributed by atoms with Crippen molar-refractivity contribution in [3.8, 4) is 22.6 Å². The highest BCUT2D eigenvalue weighted by Crippen LogP contribution is 2.42. The van der Waals surface area contributed by atoms with Gasteiger partial charge in [0.2, 0.25) is 0 Å². The molecular weight excluding hydrogens is 500 g/mol. The average Bonchev–Trinajstić information content (AvgIpc) is 3.59. The minimum atomic E-state index is -2.86. The Balaban J connectivity index is 1.59. The van der Waals surface area contributed by atoms with E-state index in [0.29, 0.717) is 10.7 Å². The zero-order chi connectivity index (χ0) is 24.7. The Hall–Kier alpha value is -4.09. The molecule has 1 aromatic carbocycles. The van der Waals surface area contributed by atoms with Crippen LogP contribution >= 0.6 is 22.9 Å². The molecule has 0 aliphatic rings. The number of pyridine rings is 1. The van der Waals surface area contributed by atoms with Crippen molar-refractivity contribution in [3.63, 3.8) is 0 Å². The van der Waals surface area contributed by atoms with Crippen LogP contribution in [0.3, 0.4) is 0 Å². The lowest BCUT2D eigenvalue weighted by Gasteiger charge is -2.09. The number of nitrogens with zero attached hydrogens (tertiary/aromatic N) is 2. The lowest BCUT2D eigenvalue weighted by Crippen LogP contribution is -2.17. The van der Waals surface area contributed by atoms with Crippen molar-refractivity contribution in [2.75, 3.05) is 5.32 Å². The predicted molar refractivity (Wildman–Crippen MR) is 128 cm³/mol. The second-order valence-corrected chi connectivity index (χ2v) is 8.79. The summed E-state index contributed by atoms with van der Waals surface area (Å²) in [6.07, 6.45) is -1.48. The Kier molecular flexibility index (Phi) is 5.79. The van der Waals surface area contributed by atoms with Crippen molar-refractivity contribution >= 4 is 50.7 Å². The summed E-state index contributed by atoms with van der Waals surface area (Å²) in [5.41, 5.74) is 6.65. The molecule has 2 amide bonds. The van der Waals surface area contributed by atoms with Crippen LogP contribution in [0, 0.1) is 0 Å². The summed E-state index contributed by atoms with van der Waals surface area (Å²) in [6, 6.07) is 12.7. The Morgan fingerprint density at radius 1 is 1.17 bits per heavy atom. The summed E-state index contributed by atoms with van der Waals surface area (Å²) in [7, 11) is 0. The van der Waals surface area contributed by atoms with Crippen LogP contribution in [0.1, 0.15) is 32.3 Å². The van der Waals surface area contributed by atoms with Gasteiger partial charge in [0.25, 0.3) is 18.2 Å². The van der Waals surface area contributed by atoms with Gasteiger partial charge in [0, 0.05) is 21.5 Å². The summed E-state index contributed by atoms with van der Waals surface area (Å²) < 4.78 is 32.4. The van der Waals surface area contributed by atoms with E-state index in [1.807, 2.05) is 0 Å². The fourth-order valence-electron chi connectivity index (χ4n) is 3.54. The normalized spacial score (nSPS) is 11.3. The summed E-state index contributed by atoms with van der Waals surface area (Å²) in [5.74, 6) is -1.21. The molecule has 0 atom stereocenters. The first-order valence-electron chi connectivity index (χ1n) is 10.0. The molecule has 12 heteroatoms. The van der Waals surface area contributed by atoms with E-state index >= 15 is 0 Å². The van der Waals surface area contributed by atoms with Crippen LogP contribution in [0.15, 0.2) is 59.2 Å². The van der Waals surface area contributed by atoms with Crippen LogP contribution in [0.4, 0.5) is 14.5 Å². The molecule has 0 fully saturated rings. The van der Waals surface area contributed by atoms with E-state index in [9.17, 15) is 18.4 Å². The Morgan fingerprint density at radius 3 is 2.60 bits per heavy atom. The molecule has 0 aliphatic heterocycles. The average molecular weight is 514 g/mol. The fourth-order valence-corrected chi connectivity index (χ4v) is 4.68. The van der Waals surface area contributed by atoms with Crippen molar-refractivity contribution in [2.24, 2.45) is 5.73 Å². The van der Waals surface area contributed by atoms with Crippen LogP contribution in [-0.2, 0) is 0 Å². The van der Waals surface area contributed by atoms with Crippen LogP contribution in [0.5, 0.6) is 0 Å². The van der Waals surface area contributed by atoms with Crippen molar-refractivity contribution in [3.05, 3.63) is 76.1 Å². The largest absolute Gasteiger partial charge is 0.464 e. The molecule has 4 heterocycles. The first kappa shape index (κ1) is 22.7. The van der Waals surface area contributed by atoms with Gasteiger partial charge in [0.1, 0.15) is 26.9 Å². The minimum absolute atomic E-state index is 0.0440. The van der Waals surface area contributed by atoms with E-state index in [1.54, 1.807) is 36.4 Å². The number of amides is 2. The highest BCUT2D eigenvalue weighted by Gasteiger charge is 2.26. The number of rotatable bonds is 6. The molecule has 8 nitrogen and oxygen atoms in total. The van der Waals surface area contributed by atoms with E-state index < -0.39 is 23.9 Å². The molecular formula is C23H14ClF2N5O3S. The number of carbonyl (C=O) groups excluding carboxylic acids is 2. The number of benzene rings is 1. The van der Waals surface area contributed by atoms with Gasteiger partial charge in [-0.05, 0) is 36.4 Å². The molecule has 0 saturated heterocycles. The number of fused-ring (bicyclic) bond motifs is 1. The van der Waals surface area contributed by atoms with Crippen LogP contribution in [0.25, 0.3) is 32.8 Å². The number of furan rings is 1. The molecule has 0 spiro atoms. The predicted octanol–water partition coefficient (Wildman–Crippen LogP) is 5.89. The standard InChI is InChI=1S/C23H14ClF2N5O3S/c24-11-5-3-10(4-6-11)13-9-15(31-30-13)22(33)29-18-17-12(16-2-1-7-34-16)8-14(20(25)26)28-23(17)35-19(18)21(27)32/h1-9,20H,(H2,27,32)(H,29,33)(H,30,31). The van der Waals surface area contributed by atoms with Gasteiger partial charge in [-0.1, -0.05) is 23.7 Å². The highest BCUT2D eigenvalue weighted by atomic mass is 35.5. The van der Waals surface area contributed by atoms with Gasteiger partial charge in [-0.3, -0.25) is 14.7 Å². The number of aromatic amines is 1. The van der Waals surface area contributed by atoms with Crippen LogP contribution in [-0.4, -0.2) is 27.0 Å². The Bertz CT molecular complexity index is 1560. The number of aromatic nitrogens is 3. The Labute approximate surface area is 204 Å². The number of alkyl halides is 2. The number of H-pyrrole nitrogens is 1. The maximum Gasteiger partial charge on any atom is 0.280 e.